The Morgan fingerprint density at radius 1 is 0.904 bits per heavy atom. The molecule has 0 radical (unpaired) electrons. The first-order valence-corrected chi connectivity index (χ1v) is 25.7. The number of aliphatic hydroxyl groups is 1. The summed E-state index contributed by atoms with van der Waals surface area (Å²) in [4.78, 5) is 72.4. The highest BCUT2D eigenvalue weighted by Gasteiger charge is 2.35. The Kier molecular flexibility index (Phi) is 18.2. The number of ether oxygens (including phenoxy) is 3. The Hall–Kier alpha value is -6.55. The molecule has 73 heavy (non-hydrogen) atoms. The van der Waals surface area contributed by atoms with Crippen LogP contribution in [0.5, 0.6) is 0 Å². The zero-order valence-electron chi connectivity index (χ0n) is 42.9. The molecule has 2 aliphatic heterocycles. The van der Waals surface area contributed by atoms with Gasteiger partial charge in [0, 0.05) is 35.5 Å². The number of anilines is 1. The van der Waals surface area contributed by atoms with Gasteiger partial charge in [0.05, 0.1) is 50.8 Å². The number of pyridine rings is 1. The number of esters is 1. The molecule has 3 heterocycles. The molecule has 0 saturated carbocycles. The SMILES string of the molecule is C/C(=C\c1cncc(Cl)c1)[C@@H]1OC(=O)C[C@H](O)CC[C@@H](C)[C@@H](OC(=O)N2CC[N+](C)(Cc3ccc(NC(=O)[C@H](C)NC(=O)[C@@H](NC(=O)OCC4c5ccccc5-c5ccccc54)C(C)C)cc3)CC2)C=C[C@H]1C. The molecule has 3 aliphatic rings. The topological polar surface area (TPSA) is 185 Å². The molecule has 15 nitrogen and oxygen atoms in total. The van der Waals surface area contributed by atoms with Crippen LogP contribution in [-0.2, 0) is 35.1 Å². The van der Waals surface area contributed by atoms with Gasteiger partial charge in [0.2, 0.25) is 11.8 Å². The number of rotatable bonds is 13. The zero-order chi connectivity index (χ0) is 52.4. The van der Waals surface area contributed by atoms with E-state index in [1.165, 1.54) is 0 Å². The fraction of sp³-hybridized carbons (Fsp3) is 0.439. The summed E-state index contributed by atoms with van der Waals surface area (Å²) in [7, 11) is 2.16. The number of aliphatic hydroxyl groups excluding tert-OH is 1. The summed E-state index contributed by atoms with van der Waals surface area (Å²) in [5.41, 5.74) is 7.56. The van der Waals surface area contributed by atoms with Gasteiger partial charge in [-0.2, -0.15) is 0 Å². The number of halogens is 1. The van der Waals surface area contributed by atoms with Crippen LogP contribution in [0.3, 0.4) is 0 Å². The minimum absolute atomic E-state index is 0.111. The lowest BCUT2D eigenvalue weighted by atomic mass is 9.91. The summed E-state index contributed by atoms with van der Waals surface area (Å²) in [6.45, 7) is 14.2. The monoisotopic (exact) mass is 1020 g/mol. The predicted molar refractivity (Wildman–Crippen MR) is 281 cm³/mol. The van der Waals surface area contributed by atoms with Crippen molar-refractivity contribution >= 4 is 53.3 Å². The Balaban J connectivity index is 0.875. The molecule has 4 aromatic rings. The highest BCUT2D eigenvalue weighted by Crippen LogP contribution is 2.44. The van der Waals surface area contributed by atoms with Gasteiger partial charge in [0.15, 0.2) is 0 Å². The van der Waals surface area contributed by atoms with Crippen molar-refractivity contribution in [3.05, 3.63) is 136 Å². The number of amides is 4. The largest absolute Gasteiger partial charge is 0.457 e. The van der Waals surface area contributed by atoms with Crippen LogP contribution in [0.25, 0.3) is 17.2 Å². The maximum absolute atomic E-state index is 13.8. The molecule has 4 N–H and O–H groups in total. The van der Waals surface area contributed by atoms with Gasteiger partial charge in [-0.15, -0.1) is 0 Å². The smallest absolute Gasteiger partial charge is 0.410 e. The van der Waals surface area contributed by atoms with E-state index in [9.17, 15) is 29.1 Å². The Morgan fingerprint density at radius 2 is 1.56 bits per heavy atom. The predicted octanol–water partition coefficient (Wildman–Crippen LogP) is 8.90. The molecule has 0 bridgehead atoms. The molecular formula is C57H70ClN6O9+. The summed E-state index contributed by atoms with van der Waals surface area (Å²) in [6.07, 6.45) is 6.40. The molecule has 4 amide bonds. The number of carbonyl (C=O) groups is 5. The minimum Gasteiger partial charge on any atom is -0.457 e. The van der Waals surface area contributed by atoms with Crippen LogP contribution in [0.2, 0.25) is 5.02 Å². The summed E-state index contributed by atoms with van der Waals surface area (Å²) in [5.74, 6) is -2.23. The van der Waals surface area contributed by atoms with E-state index in [2.05, 4.69) is 40.1 Å². The second kappa shape index (κ2) is 24.4. The molecule has 0 unspecified atom stereocenters. The molecule has 3 aromatic carbocycles. The van der Waals surface area contributed by atoms with Crippen molar-refractivity contribution in [3.63, 3.8) is 0 Å². The molecule has 7 rings (SSSR count). The fourth-order valence-electron chi connectivity index (χ4n) is 9.84. The van der Waals surface area contributed by atoms with Gasteiger partial charge in [-0.1, -0.05) is 112 Å². The Morgan fingerprint density at radius 3 is 2.21 bits per heavy atom. The van der Waals surface area contributed by atoms with Gasteiger partial charge < -0.3 is 39.8 Å². The standard InChI is InChI=1S/C57H69ClN6O9/c1-35(2)52(62-56(69)71-34-49-47-14-10-8-12-45(47)46-13-9-11-15-48(46)49)55(68)60-39(6)54(67)61-43-20-18-40(19-21-43)33-64(7)26-24-63(25-27-64)57(70)72-50-23-17-37(4)53(38(5)28-41-29-42(58)32-59-31-41)73-51(66)30-44(65)22-16-36(50)3/h8-15,17-21,23,28-29,31-32,35-37,39,44,49-50,52-53,65H,16,22,24-27,30,33-34H2,1-7H3,(H2-,60,61,62,67,68,69)/p+1/b23-17?,38-28+/t36-,37-,39+,44-,50+,52+,53-/m1/s1. The van der Waals surface area contributed by atoms with E-state index in [-0.39, 0.29) is 36.7 Å². The van der Waals surface area contributed by atoms with Gasteiger partial charge in [0.1, 0.15) is 37.4 Å². The number of quaternary nitrogens is 1. The molecule has 0 spiro atoms. The highest BCUT2D eigenvalue weighted by atomic mass is 35.5. The molecule has 1 saturated heterocycles. The van der Waals surface area contributed by atoms with Crippen LogP contribution in [-0.4, -0.2) is 120 Å². The molecule has 1 fully saturated rings. The van der Waals surface area contributed by atoms with E-state index in [4.69, 9.17) is 25.8 Å². The third-order valence-corrected chi connectivity index (χ3v) is 14.5. The lowest BCUT2D eigenvalue weighted by Gasteiger charge is -2.42. The second-order valence-electron chi connectivity index (χ2n) is 20.6. The van der Waals surface area contributed by atoms with Gasteiger partial charge >= 0.3 is 18.2 Å². The zero-order valence-corrected chi connectivity index (χ0v) is 43.6. The minimum atomic E-state index is -0.935. The van der Waals surface area contributed by atoms with E-state index >= 15 is 0 Å². The van der Waals surface area contributed by atoms with Gasteiger partial charge in [-0.3, -0.25) is 24.3 Å². The average Bonchev–Trinajstić information content (AvgIpc) is 3.68. The summed E-state index contributed by atoms with van der Waals surface area (Å²) >= 11 is 6.17. The number of benzene rings is 3. The van der Waals surface area contributed by atoms with Crippen molar-refractivity contribution in [2.75, 3.05) is 45.2 Å². The molecular weight excluding hydrogens is 948 g/mol. The van der Waals surface area contributed by atoms with Crippen molar-refractivity contribution < 1.29 is 47.8 Å². The van der Waals surface area contributed by atoms with Crippen molar-refractivity contribution in [2.24, 2.45) is 17.8 Å². The van der Waals surface area contributed by atoms with Crippen LogP contribution in [0.1, 0.15) is 89.0 Å². The van der Waals surface area contributed by atoms with Gasteiger partial charge in [-0.05, 0) is 96.2 Å². The van der Waals surface area contributed by atoms with Crippen molar-refractivity contribution in [1.29, 1.82) is 0 Å². The number of cyclic esters (lactones) is 1. The first-order chi connectivity index (χ1) is 34.9. The third-order valence-electron chi connectivity index (χ3n) is 14.2. The number of nitrogens with one attached hydrogen (secondary N) is 3. The van der Waals surface area contributed by atoms with E-state index in [0.717, 1.165) is 39.0 Å². The Labute approximate surface area is 433 Å². The first kappa shape index (κ1) is 54.2. The second-order valence-corrected chi connectivity index (χ2v) is 21.0. The number of piperazine rings is 1. The Bertz CT molecular complexity index is 2620. The quantitative estimate of drug-likeness (QED) is 0.0436. The van der Waals surface area contributed by atoms with Gasteiger partial charge in [0.25, 0.3) is 0 Å². The summed E-state index contributed by atoms with van der Waals surface area (Å²) in [5, 5.41) is 19.6. The molecule has 1 aliphatic carbocycles. The number of hydrogen-bond acceptors (Lipinski definition) is 10. The number of hydrogen-bond donors (Lipinski definition) is 4. The van der Waals surface area contributed by atoms with Gasteiger partial charge in [-0.25, -0.2) is 9.59 Å². The number of likely N-dealkylation sites (N-methyl/N-ethyl adjacent to an activating group) is 1. The van der Waals surface area contributed by atoms with Crippen LogP contribution in [0.15, 0.2) is 109 Å². The number of nitrogens with zero attached hydrogens (tertiary/aromatic N) is 3. The molecule has 7 atom stereocenters. The molecule has 16 heteroatoms. The van der Waals surface area contributed by atoms with Crippen LogP contribution in [0, 0.1) is 17.8 Å². The lowest BCUT2D eigenvalue weighted by Crippen LogP contribution is -2.58. The number of aromatic nitrogens is 1. The van der Waals surface area contributed by atoms with Crippen LogP contribution >= 0.6 is 11.6 Å². The van der Waals surface area contributed by atoms with E-state index in [1.54, 1.807) is 30.3 Å². The summed E-state index contributed by atoms with van der Waals surface area (Å²) in [6, 6.07) is 23.7. The fourth-order valence-corrected chi connectivity index (χ4v) is 10.0. The molecule has 1 aromatic heterocycles. The lowest BCUT2D eigenvalue weighted by molar-refractivity contribution is -0.926. The number of alkyl carbamates (subject to hydrolysis) is 1. The van der Waals surface area contributed by atoms with E-state index in [1.807, 2.05) is 114 Å². The van der Waals surface area contributed by atoms with Crippen molar-refractivity contribution in [1.82, 2.24) is 20.5 Å². The van der Waals surface area contributed by atoms with Crippen LogP contribution < -0.4 is 16.0 Å². The van der Waals surface area contributed by atoms with Crippen molar-refractivity contribution in [3.8, 4) is 11.1 Å². The first-order valence-electron chi connectivity index (χ1n) is 25.3. The van der Waals surface area contributed by atoms with Crippen molar-refractivity contribution in [2.45, 2.75) is 104 Å². The number of carbonyl (C=O) groups excluding carboxylic acids is 5. The third kappa shape index (κ3) is 14.4. The van der Waals surface area contributed by atoms with Crippen LogP contribution in [0.4, 0.5) is 15.3 Å². The average molecular weight is 1020 g/mol. The summed E-state index contributed by atoms with van der Waals surface area (Å²) < 4.78 is 18.5. The normalized spacial score (nSPS) is 22.1. The maximum Gasteiger partial charge on any atom is 0.410 e. The van der Waals surface area contributed by atoms with E-state index < -0.39 is 60.4 Å². The molecule has 388 valence electrons. The van der Waals surface area contributed by atoms with E-state index in [0.29, 0.717) is 60.8 Å². The highest BCUT2D eigenvalue weighted by molar-refractivity contribution is 6.30. The number of fused-ring (bicyclic) bond motifs is 3. The maximum atomic E-state index is 13.8.